The van der Waals surface area contributed by atoms with Crippen molar-refractivity contribution < 1.29 is 46.5 Å². The third-order valence-electron chi connectivity index (χ3n) is 9.93. The molecule has 2 fully saturated rings. The molecule has 2 aromatic carbocycles. The number of esters is 1. The Kier molecular flexibility index (Phi) is 12.7. The molecule has 11 nitrogen and oxygen atoms in total. The van der Waals surface area contributed by atoms with Crippen LogP contribution in [-0.4, -0.2) is 64.5 Å². The minimum absolute atomic E-state index is 0. The van der Waals surface area contributed by atoms with Crippen LogP contribution in [0.2, 0.25) is 0 Å². The van der Waals surface area contributed by atoms with Gasteiger partial charge >= 0.3 is 25.2 Å². The van der Waals surface area contributed by atoms with Gasteiger partial charge in [-0.2, -0.15) is 17.6 Å². The zero-order chi connectivity index (χ0) is 40.0. The lowest BCUT2D eigenvalue weighted by atomic mass is 9.96. The molecule has 0 radical (unpaired) electrons. The van der Waals surface area contributed by atoms with Crippen molar-refractivity contribution in [3.63, 3.8) is 0 Å². The zero-order valence-electron chi connectivity index (χ0n) is 30.5. The number of ether oxygens (including phenoxy) is 3. The third-order valence-corrected chi connectivity index (χ3v) is 11.8. The maximum absolute atomic E-state index is 13.5. The van der Waals surface area contributed by atoms with E-state index in [2.05, 4.69) is 31.8 Å². The number of pyridine rings is 2. The number of alkyl halides is 4. The van der Waals surface area contributed by atoms with Gasteiger partial charge in [0.2, 0.25) is 10.9 Å². The topological polar surface area (TPSA) is 129 Å². The quantitative estimate of drug-likeness (QED) is 0.122. The molecule has 0 amide bonds. The van der Waals surface area contributed by atoms with Crippen LogP contribution in [0.15, 0.2) is 67.9 Å². The second kappa shape index (κ2) is 17.2. The van der Waals surface area contributed by atoms with Gasteiger partial charge in [0.1, 0.15) is 11.1 Å². The number of fused-ring (bicyclic) bond motifs is 3. The number of allylic oxidation sites excluding steroid dienone is 2. The lowest BCUT2D eigenvalue weighted by Gasteiger charge is -2.32. The van der Waals surface area contributed by atoms with E-state index in [-0.39, 0.29) is 75.5 Å². The van der Waals surface area contributed by atoms with Crippen LogP contribution in [-0.2, 0) is 4.74 Å². The Bertz CT molecular complexity index is 2430. The molecule has 8 rings (SSSR count). The van der Waals surface area contributed by atoms with Gasteiger partial charge in [-0.05, 0) is 91.6 Å². The number of carbonyl (C=O) groups is 2. The standard InChI is InChI=1S/C23H22F2N2O4S.C16H14BrF2NO4.ClH/c1-26-9-8-12-2-7-17(32-18(12)11-26)14-5-6-15-19(21(14)31-23(24)25)27(13-3-4-13)10-16(20(15)28)22(29)30;1-2-23-15(22)10-7-20(8-3-4-8)12-9(13(10)21)5-6-11(17)14(12)24-16(18)19;/h5-7,10-13,23H,2-4,8-9H2,1H3,(H,29,30);5-8,16H,2-4H2,1H3;1H. The number of nitrogens with zero attached hydrogens (tertiary/aromatic N) is 3. The molecule has 0 saturated heterocycles. The molecule has 0 spiro atoms. The van der Waals surface area contributed by atoms with Gasteiger partial charge < -0.3 is 33.4 Å². The monoisotopic (exact) mass is 897 g/mol. The van der Waals surface area contributed by atoms with E-state index in [1.54, 1.807) is 22.1 Å². The number of carboxylic acid groups (broad SMARTS) is 1. The fourth-order valence-corrected chi connectivity index (χ4v) is 8.75. The number of thioether (sulfide) groups is 1. The summed E-state index contributed by atoms with van der Waals surface area (Å²) in [6.07, 6.45) is 11.9. The molecular weight excluding hydrogens is 862 g/mol. The Morgan fingerprint density at radius 2 is 1.44 bits per heavy atom. The molecule has 57 heavy (non-hydrogen) atoms. The van der Waals surface area contributed by atoms with E-state index in [4.69, 9.17) is 9.47 Å². The number of carbonyl (C=O) groups excluding carboxylic acids is 1. The molecular formula is C39H37BrClF4N3O8S. The van der Waals surface area contributed by atoms with Crippen LogP contribution < -0.4 is 20.3 Å². The van der Waals surface area contributed by atoms with Gasteiger partial charge in [-0.3, -0.25) is 9.59 Å². The second-order valence-electron chi connectivity index (χ2n) is 13.8. The summed E-state index contributed by atoms with van der Waals surface area (Å²) in [5.41, 5.74) is -0.758. The number of rotatable bonds is 10. The van der Waals surface area contributed by atoms with Crippen molar-refractivity contribution in [3.05, 3.63) is 95.4 Å². The lowest BCUT2D eigenvalue weighted by molar-refractivity contribution is -0.0500. The fourth-order valence-electron chi connectivity index (χ4n) is 7.02. The van der Waals surface area contributed by atoms with Crippen LogP contribution in [0.1, 0.15) is 83.8 Å². The first-order chi connectivity index (χ1) is 26.8. The summed E-state index contributed by atoms with van der Waals surface area (Å²) in [7, 11) is 2.01. The maximum Gasteiger partial charge on any atom is 0.387 e. The predicted molar refractivity (Wildman–Crippen MR) is 213 cm³/mol. The minimum atomic E-state index is -3.08. The summed E-state index contributed by atoms with van der Waals surface area (Å²) in [6, 6.07) is 6.06. The summed E-state index contributed by atoms with van der Waals surface area (Å²) in [5, 5.41) is 9.69. The van der Waals surface area contributed by atoms with E-state index >= 15 is 0 Å². The molecule has 1 unspecified atom stereocenters. The van der Waals surface area contributed by atoms with E-state index in [1.807, 2.05) is 13.1 Å². The van der Waals surface area contributed by atoms with Crippen LogP contribution in [0.5, 0.6) is 11.5 Å². The number of halogens is 6. The molecule has 2 aromatic heterocycles. The summed E-state index contributed by atoms with van der Waals surface area (Å²) < 4.78 is 70.8. The van der Waals surface area contributed by atoms with Gasteiger partial charge in [0, 0.05) is 59.6 Å². The number of hydrogen-bond acceptors (Lipinski definition) is 9. The Morgan fingerprint density at radius 3 is 2.02 bits per heavy atom. The average molecular weight is 899 g/mol. The van der Waals surface area contributed by atoms with Crippen molar-refractivity contribution >= 4 is 78.7 Å². The highest BCUT2D eigenvalue weighted by molar-refractivity contribution is 9.10. The molecule has 2 aliphatic carbocycles. The first-order valence-corrected chi connectivity index (χ1v) is 19.6. The van der Waals surface area contributed by atoms with E-state index in [1.165, 1.54) is 47.3 Å². The smallest absolute Gasteiger partial charge is 0.387 e. The van der Waals surface area contributed by atoms with E-state index in [0.29, 0.717) is 16.0 Å². The van der Waals surface area contributed by atoms with E-state index in [0.717, 1.165) is 50.0 Å². The van der Waals surface area contributed by atoms with Crippen molar-refractivity contribution in [2.75, 3.05) is 20.2 Å². The Hall–Kier alpha value is -4.48. The molecule has 2 aliphatic heterocycles. The van der Waals surface area contributed by atoms with Crippen molar-refractivity contribution in [2.45, 2.75) is 70.8 Å². The Balaban J connectivity index is 0.000000197. The molecule has 0 bridgehead atoms. The van der Waals surface area contributed by atoms with Gasteiger partial charge in [0.15, 0.2) is 11.5 Å². The molecule has 1 atom stereocenters. The van der Waals surface area contributed by atoms with Crippen LogP contribution in [0.3, 0.4) is 0 Å². The average Bonchev–Trinajstić information content (AvgIpc) is 4.08. The van der Waals surface area contributed by atoms with Crippen LogP contribution in [0.25, 0.3) is 26.7 Å². The predicted octanol–water partition coefficient (Wildman–Crippen LogP) is 9.21. The normalized spacial score (nSPS) is 17.6. The molecule has 4 heterocycles. The van der Waals surface area contributed by atoms with E-state index < -0.39 is 36.0 Å². The third kappa shape index (κ3) is 8.70. The highest BCUT2D eigenvalue weighted by Gasteiger charge is 2.33. The van der Waals surface area contributed by atoms with Gasteiger partial charge in [-0.1, -0.05) is 17.8 Å². The van der Waals surface area contributed by atoms with Gasteiger partial charge in [0.25, 0.3) is 0 Å². The van der Waals surface area contributed by atoms with Gasteiger partial charge in [-0.25, -0.2) is 9.59 Å². The van der Waals surface area contributed by atoms with Gasteiger partial charge in [0.05, 0.1) is 32.9 Å². The minimum Gasteiger partial charge on any atom is -0.477 e. The van der Waals surface area contributed by atoms with Crippen molar-refractivity contribution in [1.29, 1.82) is 0 Å². The maximum atomic E-state index is 13.5. The lowest BCUT2D eigenvalue weighted by Crippen LogP contribution is -2.24. The van der Waals surface area contributed by atoms with Crippen molar-refractivity contribution in [1.82, 2.24) is 14.0 Å². The van der Waals surface area contributed by atoms with Gasteiger partial charge in [-0.15, -0.1) is 12.4 Å². The summed E-state index contributed by atoms with van der Waals surface area (Å²) >= 11 is 4.72. The summed E-state index contributed by atoms with van der Waals surface area (Å²) in [4.78, 5) is 53.2. The number of benzene rings is 2. The Labute approximate surface area is 341 Å². The molecule has 304 valence electrons. The molecule has 4 aromatic rings. The van der Waals surface area contributed by atoms with E-state index in [9.17, 15) is 41.8 Å². The number of aromatic nitrogens is 2. The molecule has 1 N–H and O–H groups in total. The second-order valence-corrected chi connectivity index (χ2v) is 15.8. The number of aromatic carboxylic acids is 1. The fraction of sp³-hybridized carbons (Fsp3) is 0.385. The number of carboxylic acids is 1. The zero-order valence-corrected chi connectivity index (χ0v) is 33.7. The highest BCUT2D eigenvalue weighted by atomic mass is 79.9. The summed E-state index contributed by atoms with van der Waals surface area (Å²) in [6.45, 7) is -3.35. The Morgan fingerprint density at radius 1 is 0.877 bits per heavy atom. The largest absolute Gasteiger partial charge is 0.477 e. The van der Waals surface area contributed by atoms with Crippen LogP contribution >= 0.6 is 40.1 Å². The molecule has 4 aliphatic rings. The van der Waals surface area contributed by atoms with Crippen LogP contribution in [0, 0.1) is 5.92 Å². The summed E-state index contributed by atoms with van der Waals surface area (Å²) in [5.74, 6) is -1.82. The first kappa shape index (κ1) is 42.1. The van der Waals surface area contributed by atoms with Crippen molar-refractivity contribution in [2.24, 2.45) is 5.92 Å². The SMILES string of the molecule is CCOC(=O)c1cn(C2CC2)c2c(OC(F)F)c(Br)ccc2c1=O.CN1C=C2SC(c3ccc4c(=O)c(C(=O)O)cn(C5CC5)c4c3OC(F)F)=CCC2CC1.Cl. The van der Waals surface area contributed by atoms with Crippen LogP contribution in [0.4, 0.5) is 17.6 Å². The number of hydrogen-bond donors (Lipinski definition) is 1. The molecule has 18 heteroatoms. The first-order valence-electron chi connectivity index (χ1n) is 18.0. The molecule has 2 saturated carbocycles. The highest BCUT2D eigenvalue weighted by Crippen LogP contribution is 2.50. The van der Waals surface area contributed by atoms with Crippen molar-refractivity contribution in [3.8, 4) is 11.5 Å².